The highest BCUT2D eigenvalue weighted by Crippen LogP contribution is 2.58. The minimum Gasteiger partial charge on any atom is -0.444 e. The molecule has 2 saturated carbocycles. The predicted molar refractivity (Wildman–Crippen MR) is 190 cm³/mol. The van der Waals surface area contributed by atoms with Crippen molar-refractivity contribution in [2.45, 2.75) is 122 Å². The molecule has 2 N–H and O–H groups in total. The van der Waals surface area contributed by atoms with E-state index in [9.17, 15) is 18.0 Å². The Bertz CT molecular complexity index is 1830. The number of nitrogens with one attached hydrogen (secondary N) is 2. The van der Waals surface area contributed by atoms with Crippen molar-refractivity contribution < 1.29 is 22.7 Å². The van der Waals surface area contributed by atoms with E-state index >= 15 is 0 Å². The van der Waals surface area contributed by atoms with Gasteiger partial charge in [0.2, 0.25) is 5.95 Å². The van der Waals surface area contributed by atoms with Gasteiger partial charge in [0.15, 0.2) is 0 Å². The van der Waals surface area contributed by atoms with E-state index in [1.807, 2.05) is 63.8 Å². The lowest BCUT2D eigenvalue weighted by Crippen LogP contribution is -2.63. The number of fused-ring (bicyclic) bond motifs is 4. The second-order valence-electron chi connectivity index (χ2n) is 15.8. The third kappa shape index (κ3) is 7.61. The first-order valence-corrected chi connectivity index (χ1v) is 18.9. The Labute approximate surface area is 290 Å². The van der Waals surface area contributed by atoms with Crippen LogP contribution < -0.4 is 10.0 Å². The Hall–Kier alpha value is -3.99. The molecule has 2 amide bonds. The van der Waals surface area contributed by atoms with Crippen molar-refractivity contribution >= 4 is 28.0 Å². The Kier molecular flexibility index (Phi) is 9.28. The summed E-state index contributed by atoms with van der Waals surface area (Å²) >= 11 is 0. The lowest BCUT2D eigenvalue weighted by molar-refractivity contribution is -0.0757. The third-order valence-corrected chi connectivity index (χ3v) is 11.4. The van der Waals surface area contributed by atoms with E-state index in [4.69, 9.17) is 14.7 Å². The van der Waals surface area contributed by atoms with E-state index in [0.717, 1.165) is 54.5 Å². The Morgan fingerprint density at radius 1 is 1.04 bits per heavy atom. The summed E-state index contributed by atoms with van der Waals surface area (Å²) in [7, 11) is -4.09. The monoisotopic (exact) mass is 687 g/mol. The topological polar surface area (TPSA) is 131 Å². The van der Waals surface area contributed by atoms with Crippen molar-refractivity contribution in [1.82, 2.24) is 20.2 Å². The predicted octanol–water partition coefficient (Wildman–Crippen LogP) is 7.20. The maximum Gasteiger partial charge on any atom is 0.407 e. The van der Waals surface area contributed by atoms with E-state index < -0.39 is 21.7 Å². The molecule has 1 aromatic heterocycles. The number of benzene rings is 2. The van der Waals surface area contributed by atoms with Crippen LogP contribution in [0.25, 0.3) is 11.3 Å². The van der Waals surface area contributed by atoms with Crippen LogP contribution in [0.1, 0.15) is 100 Å². The second-order valence-corrected chi connectivity index (χ2v) is 17.5. The summed E-state index contributed by atoms with van der Waals surface area (Å²) in [6.07, 6.45) is 5.01. The fourth-order valence-corrected chi connectivity index (χ4v) is 9.02. The lowest BCUT2D eigenvalue weighted by atomic mass is 9.51. The molecule has 0 radical (unpaired) electrons. The normalized spacial score (nSPS) is 24.9. The van der Waals surface area contributed by atoms with E-state index in [1.54, 1.807) is 12.1 Å². The van der Waals surface area contributed by atoms with Crippen LogP contribution in [0.15, 0.2) is 53.4 Å². The number of hydrogen-bond donors (Lipinski definition) is 2. The quantitative estimate of drug-likeness (QED) is 0.290. The van der Waals surface area contributed by atoms with Gasteiger partial charge in [0.05, 0.1) is 10.6 Å². The summed E-state index contributed by atoms with van der Waals surface area (Å²) in [6.45, 7) is 13.9. The number of sulfonamides is 1. The molecule has 0 saturated heterocycles. The SMILES string of the molecule is Cc1cccc(C)c1-c1cc2nc(n1)NS(=O)(=O)c1cccc(c1)C(=O)N(C1CC3(CC(NC(=O)OC(C)(C)C)C3)C1)[C@H](CC(C)C)CC2. The molecule has 0 unspecified atom stereocenters. The van der Waals surface area contributed by atoms with Crippen molar-refractivity contribution in [2.24, 2.45) is 11.3 Å². The molecule has 2 fully saturated rings. The molecule has 2 aromatic carbocycles. The van der Waals surface area contributed by atoms with Gasteiger partial charge in [0, 0.05) is 34.9 Å². The van der Waals surface area contributed by atoms with Crippen molar-refractivity contribution in [3.8, 4) is 11.3 Å². The fourth-order valence-electron chi connectivity index (χ4n) is 8.03. The highest BCUT2D eigenvalue weighted by atomic mass is 32.2. The van der Waals surface area contributed by atoms with Crippen LogP contribution in [0.4, 0.5) is 10.7 Å². The first kappa shape index (κ1) is 34.9. The third-order valence-electron chi connectivity index (χ3n) is 10.0. The van der Waals surface area contributed by atoms with Gasteiger partial charge in [-0.2, -0.15) is 0 Å². The average molecular weight is 688 g/mol. The average Bonchev–Trinajstić information content (AvgIpc) is 2.95. The van der Waals surface area contributed by atoms with Gasteiger partial charge in [-0.15, -0.1) is 0 Å². The number of alkyl carbamates (subject to hydrolysis) is 1. The van der Waals surface area contributed by atoms with Crippen molar-refractivity contribution in [2.75, 3.05) is 4.72 Å². The van der Waals surface area contributed by atoms with E-state index in [0.29, 0.717) is 30.0 Å². The zero-order valence-electron chi connectivity index (χ0n) is 29.7. The number of amides is 2. The number of nitrogens with zero attached hydrogens (tertiary/aromatic N) is 3. The number of aryl methyl sites for hydroxylation is 3. The molecule has 6 rings (SSSR count). The number of ether oxygens (including phenoxy) is 1. The zero-order chi connectivity index (χ0) is 35.3. The first-order valence-electron chi connectivity index (χ1n) is 17.4. The molecule has 3 aliphatic rings. The van der Waals surface area contributed by atoms with Crippen molar-refractivity contribution in [3.63, 3.8) is 0 Å². The summed E-state index contributed by atoms with van der Waals surface area (Å²) in [5, 5.41) is 3.01. The molecule has 4 bridgehead atoms. The van der Waals surface area contributed by atoms with Crippen LogP contribution in [0, 0.1) is 25.2 Å². The molecular formula is C38H49N5O5S. The maximum absolute atomic E-state index is 14.5. The number of aromatic nitrogens is 2. The van der Waals surface area contributed by atoms with Gasteiger partial charge in [-0.05, 0) is 126 Å². The molecule has 1 spiro atoms. The van der Waals surface area contributed by atoms with Crippen LogP contribution >= 0.6 is 0 Å². The van der Waals surface area contributed by atoms with Crippen LogP contribution in [-0.2, 0) is 21.2 Å². The van der Waals surface area contributed by atoms with Crippen molar-refractivity contribution in [1.29, 1.82) is 0 Å². The lowest BCUT2D eigenvalue weighted by Gasteiger charge is -2.61. The van der Waals surface area contributed by atoms with Gasteiger partial charge in [-0.1, -0.05) is 38.1 Å². The summed E-state index contributed by atoms with van der Waals surface area (Å²) in [5.41, 5.74) is 4.28. The number of hydrogen-bond acceptors (Lipinski definition) is 7. The van der Waals surface area contributed by atoms with Gasteiger partial charge < -0.3 is 15.0 Å². The number of carbonyl (C=O) groups excluding carboxylic acids is 2. The summed E-state index contributed by atoms with van der Waals surface area (Å²) < 4.78 is 35.5. The number of anilines is 1. The largest absolute Gasteiger partial charge is 0.444 e. The number of rotatable bonds is 5. The molecule has 2 aliphatic carbocycles. The molecule has 49 heavy (non-hydrogen) atoms. The summed E-state index contributed by atoms with van der Waals surface area (Å²) in [5.74, 6) is 0.193. The van der Waals surface area contributed by atoms with E-state index in [-0.39, 0.29) is 40.3 Å². The molecule has 262 valence electrons. The molecule has 1 aliphatic heterocycles. The molecule has 10 nitrogen and oxygen atoms in total. The fraction of sp³-hybridized carbons (Fsp3) is 0.526. The summed E-state index contributed by atoms with van der Waals surface area (Å²) in [4.78, 5) is 38.3. The smallest absolute Gasteiger partial charge is 0.407 e. The summed E-state index contributed by atoms with van der Waals surface area (Å²) in [6, 6.07) is 14.3. The second kappa shape index (κ2) is 13.0. The number of carbonyl (C=O) groups is 2. The van der Waals surface area contributed by atoms with Crippen LogP contribution in [0.5, 0.6) is 0 Å². The van der Waals surface area contributed by atoms with Crippen molar-refractivity contribution in [3.05, 3.63) is 70.9 Å². The standard InChI is InChI=1S/C38H49N5O5S/c1-23(2)16-29-15-14-27-18-32(33-24(3)10-8-11-25(33)4)41-35(39-27)42-49(46,47)31-13-9-12-26(17-31)34(44)43(29)30-21-38(22-30)19-28(20-38)40-36(45)48-37(5,6)7/h8-13,17-18,23,28-30H,14-16,19-22H2,1-7H3,(H,40,45)(H,39,41,42)/t28?,29-,30?,38?/m0/s1. The van der Waals surface area contributed by atoms with Crippen LogP contribution in [0.3, 0.4) is 0 Å². The van der Waals surface area contributed by atoms with Gasteiger partial charge in [-0.3, -0.25) is 4.79 Å². The Morgan fingerprint density at radius 3 is 2.37 bits per heavy atom. The minimum absolute atomic E-state index is 0.00776. The molecule has 2 heterocycles. The molecule has 3 aromatic rings. The van der Waals surface area contributed by atoms with E-state index in [1.165, 1.54) is 12.1 Å². The van der Waals surface area contributed by atoms with E-state index in [2.05, 4.69) is 23.9 Å². The highest BCUT2D eigenvalue weighted by Gasteiger charge is 2.56. The molecular weight excluding hydrogens is 639 g/mol. The molecule has 11 heteroatoms. The Balaban J connectivity index is 1.33. The minimum atomic E-state index is -4.09. The highest BCUT2D eigenvalue weighted by molar-refractivity contribution is 7.92. The zero-order valence-corrected chi connectivity index (χ0v) is 30.5. The van der Waals surface area contributed by atoms with Gasteiger partial charge in [-0.25, -0.2) is 27.9 Å². The van der Waals surface area contributed by atoms with Gasteiger partial charge in [0.1, 0.15) is 5.60 Å². The maximum atomic E-state index is 14.5. The molecule has 1 atom stereocenters. The Morgan fingerprint density at radius 2 is 1.71 bits per heavy atom. The first-order chi connectivity index (χ1) is 23.0. The van der Waals surface area contributed by atoms with Crippen LogP contribution in [0.2, 0.25) is 0 Å². The van der Waals surface area contributed by atoms with Crippen LogP contribution in [-0.4, -0.2) is 59.0 Å². The van der Waals surface area contributed by atoms with Gasteiger partial charge in [0.25, 0.3) is 15.9 Å². The van der Waals surface area contributed by atoms with Gasteiger partial charge >= 0.3 is 6.09 Å².